The van der Waals surface area contributed by atoms with Gasteiger partial charge in [-0.15, -0.1) is 11.3 Å². The van der Waals surface area contributed by atoms with Crippen LogP contribution in [0.2, 0.25) is 0 Å². The monoisotopic (exact) mass is 344 g/mol. The van der Waals surface area contributed by atoms with Gasteiger partial charge in [-0.25, -0.2) is 4.98 Å². The molecule has 2 amide bonds. The van der Waals surface area contributed by atoms with Crippen LogP contribution in [0.25, 0.3) is 11.3 Å². The summed E-state index contributed by atoms with van der Waals surface area (Å²) in [6.07, 6.45) is 3.46. The van der Waals surface area contributed by atoms with E-state index in [9.17, 15) is 9.59 Å². The molecule has 0 aliphatic rings. The Kier molecular flexibility index (Phi) is 4.43. The van der Waals surface area contributed by atoms with Gasteiger partial charge in [0.05, 0.1) is 5.69 Å². The maximum Gasteiger partial charge on any atom is 0.277 e. The lowest BCUT2D eigenvalue weighted by atomic mass is 10.2. The number of nitrogens with two attached hydrogens (primary N) is 1. The van der Waals surface area contributed by atoms with Gasteiger partial charge in [-0.1, -0.05) is 13.3 Å². The predicted molar refractivity (Wildman–Crippen MR) is 91.0 cm³/mol. The van der Waals surface area contributed by atoms with E-state index in [1.165, 1.54) is 11.3 Å². The van der Waals surface area contributed by atoms with Crippen LogP contribution >= 0.6 is 11.3 Å². The number of primary amides is 1. The van der Waals surface area contributed by atoms with Crippen molar-refractivity contribution in [3.05, 3.63) is 40.8 Å². The van der Waals surface area contributed by atoms with Crippen molar-refractivity contribution in [3.63, 3.8) is 0 Å². The van der Waals surface area contributed by atoms with Crippen LogP contribution in [0, 0.1) is 0 Å². The molecule has 124 valence electrons. The summed E-state index contributed by atoms with van der Waals surface area (Å²) >= 11 is 1.29. The summed E-state index contributed by atoms with van der Waals surface area (Å²) in [6.45, 7) is 2.06. The van der Waals surface area contributed by atoms with Gasteiger partial charge >= 0.3 is 0 Å². The third kappa shape index (κ3) is 3.35. The number of aryl methyl sites for hydroxylation is 1. The first-order valence-electron chi connectivity index (χ1n) is 7.36. The minimum Gasteiger partial charge on any atom is -0.364 e. The molecule has 0 spiro atoms. The third-order valence-corrected chi connectivity index (χ3v) is 4.11. The zero-order chi connectivity index (χ0) is 17.1. The number of nitrogens with one attached hydrogen (secondary N) is 3. The second kappa shape index (κ2) is 6.67. The number of nitrogens with zero attached hydrogens (tertiary/aromatic N) is 2. The maximum absolute atomic E-state index is 12.2. The Hall–Kier alpha value is -2.94. The first-order chi connectivity index (χ1) is 11.6. The number of aromatic nitrogens is 4. The van der Waals surface area contributed by atoms with Gasteiger partial charge in [-0.3, -0.25) is 20.0 Å². The number of anilines is 1. The van der Waals surface area contributed by atoms with Gasteiger partial charge in [0.1, 0.15) is 5.69 Å². The molecule has 3 rings (SSSR count). The van der Waals surface area contributed by atoms with Crippen molar-refractivity contribution in [3.8, 4) is 11.3 Å². The molecule has 3 heterocycles. The molecule has 0 bridgehead atoms. The van der Waals surface area contributed by atoms with Crippen molar-refractivity contribution in [2.75, 3.05) is 5.32 Å². The molecule has 0 saturated heterocycles. The number of aromatic amines is 2. The quantitative estimate of drug-likeness (QED) is 0.546. The first kappa shape index (κ1) is 15.9. The summed E-state index contributed by atoms with van der Waals surface area (Å²) in [7, 11) is 0. The summed E-state index contributed by atoms with van der Waals surface area (Å²) in [5.74, 6) is -0.854. The van der Waals surface area contributed by atoms with E-state index in [1.807, 2.05) is 0 Å². The van der Waals surface area contributed by atoms with E-state index >= 15 is 0 Å². The molecule has 0 unspecified atom stereocenters. The Morgan fingerprint density at radius 3 is 2.92 bits per heavy atom. The van der Waals surface area contributed by atoms with Gasteiger partial charge < -0.3 is 10.7 Å². The summed E-state index contributed by atoms with van der Waals surface area (Å²) in [4.78, 5) is 30.4. The minimum absolute atomic E-state index is 0.309. The van der Waals surface area contributed by atoms with Crippen molar-refractivity contribution in [1.82, 2.24) is 20.2 Å². The van der Waals surface area contributed by atoms with Crippen LogP contribution in [0.3, 0.4) is 0 Å². The molecule has 0 aromatic carbocycles. The number of hydrogen-bond donors (Lipinski definition) is 4. The zero-order valence-electron chi connectivity index (χ0n) is 12.9. The minimum atomic E-state index is -0.536. The van der Waals surface area contributed by atoms with Crippen LogP contribution in [0.1, 0.15) is 40.0 Å². The van der Waals surface area contributed by atoms with Gasteiger partial charge in [-0.2, -0.15) is 5.10 Å². The zero-order valence-corrected chi connectivity index (χ0v) is 13.7. The summed E-state index contributed by atoms with van der Waals surface area (Å²) in [5.41, 5.74) is 8.14. The molecule has 24 heavy (non-hydrogen) atoms. The first-order valence-corrected chi connectivity index (χ1v) is 8.24. The number of hydrogen-bond acceptors (Lipinski definition) is 5. The molecule has 0 radical (unpaired) electrons. The lowest BCUT2D eigenvalue weighted by molar-refractivity contribution is 0.0993. The molecule has 0 fully saturated rings. The molecule has 8 nitrogen and oxygen atoms in total. The second-order valence-corrected chi connectivity index (χ2v) is 6.04. The number of carbonyl (C=O) groups is 2. The summed E-state index contributed by atoms with van der Waals surface area (Å²) < 4.78 is 0. The van der Waals surface area contributed by atoms with Crippen LogP contribution in [0.5, 0.6) is 0 Å². The van der Waals surface area contributed by atoms with Crippen LogP contribution < -0.4 is 11.1 Å². The highest BCUT2D eigenvalue weighted by Gasteiger charge is 2.14. The van der Waals surface area contributed by atoms with Crippen molar-refractivity contribution in [1.29, 1.82) is 0 Å². The molecular formula is C15H16N6O2S. The molecular weight excluding hydrogens is 328 g/mol. The van der Waals surface area contributed by atoms with Gasteiger partial charge in [0, 0.05) is 22.8 Å². The van der Waals surface area contributed by atoms with E-state index in [0.717, 1.165) is 24.1 Å². The Bertz CT molecular complexity index is 878. The van der Waals surface area contributed by atoms with E-state index < -0.39 is 5.91 Å². The van der Waals surface area contributed by atoms with Gasteiger partial charge in [0.15, 0.2) is 10.8 Å². The number of rotatable bonds is 6. The smallest absolute Gasteiger partial charge is 0.277 e. The Labute approximate surface area is 141 Å². The third-order valence-electron chi connectivity index (χ3n) is 3.35. The Balaban J connectivity index is 1.70. The number of carbonyl (C=O) groups excluding carboxylic acids is 2. The van der Waals surface area contributed by atoms with E-state index in [-0.39, 0.29) is 5.91 Å². The molecule has 0 saturated carbocycles. The van der Waals surface area contributed by atoms with Gasteiger partial charge in [0.2, 0.25) is 0 Å². The molecule has 0 aliphatic heterocycles. The second-order valence-electron chi connectivity index (χ2n) is 5.19. The van der Waals surface area contributed by atoms with Crippen molar-refractivity contribution >= 4 is 28.3 Å². The highest BCUT2D eigenvalue weighted by Crippen LogP contribution is 2.25. The van der Waals surface area contributed by atoms with Gasteiger partial charge in [0.25, 0.3) is 11.8 Å². The van der Waals surface area contributed by atoms with E-state index in [4.69, 9.17) is 5.73 Å². The fraction of sp³-hybridized carbons (Fsp3) is 0.200. The van der Waals surface area contributed by atoms with Gasteiger partial charge in [-0.05, 0) is 18.6 Å². The van der Waals surface area contributed by atoms with E-state index in [0.29, 0.717) is 22.2 Å². The summed E-state index contributed by atoms with van der Waals surface area (Å²) in [5, 5.41) is 11.8. The molecule has 0 aliphatic carbocycles. The van der Waals surface area contributed by atoms with Crippen molar-refractivity contribution in [2.45, 2.75) is 19.8 Å². The fourth-order valence-electron chi connectivity index (χ4n) is 2.18. The van der Waals surface area contributed by atoms with Crippen LogP contribution in [-0.2, 0) is 6.42 Å². The number of thiazole rings is 1. The van der Waals surface area contributed by atoms with Crippen molar-refractivity contribution in [2.24, 2.45) is 5.73 Å². The number of amides is 2. The molecule has 9 heteroatoms. The highest BCUT2D eigenvalue weighted by atomic mass is 32.1. The number of H-pyrrole nitrogens is 2. The predicted octanol–water partition coefficient (Wildman–Crippen LogP) is 2.17. The average Bonchev–Trinajstić information content (AvgIpc) is 3.27. The molecule has 5 N–H and O–H groups in total. The normalized spacial score (nSPS) is 10.7. The SMILES string of the molecule is CCCc1cc(C(=O)Nc2nc(-c3c[nH]c(C(N)=O)c3)cs2)n[nH]1. The largest absolute Gasteiger partial charge is 0.364 e. The van der Waals surface area contributed by atoms with E-state index in [2.05, 4.69) is 32.4 Å². The topological polar surface area (TPSA) is 130 Å². The van der Waals surface area contributed by atoms with Crippen LogP contribution in [0.4, 0.5) is 5.13 Å². The molecule has 3 aromatic rings. The standard InChI is InChI=1S/C15H16N6O2S/c1-2-3-9-5-11(21-20-9)14(23)19-15-18-12(7-24-15)8-4-10(13(16)22)17-6-8/h4-7,17H,2-3H2,1H3,(H2,16,22)(H,20,21)(H,18,19,23). The van der Waals surface area contributed by atoms with Crippen molar-refractivity contribution < 1.29 is 9.59 Å². The average molecular weight is 344 g/mol. The maximum atomic E-state index is 12.2. The Morgan fingerprint density at radius 1 is 1.38 bits per heavy atom. The van der Waals surface area contributed by atoms with Crippen LogP contribution in [0.15, 0.2) is 23.7 Å². The van der Waals surface area contributed by atoms with E-state index in [1.54, 1.807) is 23.7 Å². The highest BCUT2D eigenvalue weighted by molar-refractivity contribution is 7.14. The van der Waals surface area contributed by atoms with Crippen LogP contribution in [-0.4, -0.2) is 32.0 Å². The summed E-state index contributed by atoms with van der Waals surface area (Å²) in [6, 6.07) is 3.35. The fourth-order valence-corrected chi connectivity index (χ4v) is 2.90. The Morgan fingerprint density at radius 2 is 2.21 bits per heavy atom. The lowest BCUT2D eigenvalue weighted by Gasteiger charge is -1.97. The molecule has 3 aromatic heterocycles. The molecule has 0 atom stereocenters. The lowest BCUT2D eigenvalue weighted by Crippen LogP contribution is -2.12.